The van der Waals surface area contributed by atoms with Crippen molar-refractivity contribution in [1.82, 2.24) is 5.32 Å². The first-order valence-corrected chi connectivity index (χ1v) is 7.30. The summed E-state index contributed by atoms with van der Waals surface area (Å²) in [6, 6.07) is 13.8. The van der Waals surface area contributed by atoms with Crippen molar-refractivity contribution in [3.05, 3.63) is 65.5 Å². The second-order valence-corrected chi connectivity index (χ2v) is 5.07. The summed E-state index contributed by atoms with van der Waals surface area (Å²) in [6.45, 7) is 2.00. The number of carbonyl (C=O) groups is 1. The van der Waals surface area contributed by atoms with Crippen LogP contribution in [0.5, 0.6) is 5.75 Å². The molecule has 0 bridgehead atoms. The molecule has 2 aromatic rings. The Morgan fingerprint density at radius 3 is 2.45 bits per heavy atom. The lowest BCUT2D eigenvalue weighted by atomic mass is 10.0. The molecule has 22 heavy (non-hydrogen) atoms. The molecule has 4 heteroatoms. The predicted molar refractivity (Wildman–Crippen MR) is 84.3 cm³/mol. The topological polar surface area (TPSA) is 38.3 Å². The first-order valence-electron chi connectivity index (χ1n) is 7.30. The van der Waals surface area contributed by atoms with Gasteiger partial charge < -0.3 is 10.1 Å². The second kappa shape index (κ2) is 7.59. The Labute approximate surface area is 130 Å². The van der Waals surface area contributed by atoms with Gasteiger partial charge in [-0.2, -0.15) is 0 Å². The van der Waals surface area contributed by atoms with Crippen molar-refractivity contribution in [2.75, 3.05) is 7.11 Å². The quantitative estimate of drug-likeness (QED) is 0.884. The first kappa shape index (κ1) is 16.0. The van der Waals surface area contributed by atoms with Gasteiger partial charge in [0.15, 0.2) is 0 Å². The zero-order valence-electron chi connectivity index (χ0n) is 12.8. The van der Waals surface area contributed by atoms with Crippen molar-refractivity contribution >= 4 is 5.91 Å². The van der Waals surface area contributed by atoms with Gasteiger partial charge in [0.25, 0.3) is 0 Å². The zero-order valence-corrected chi connectivity index (χ0v) is 12.8. The number of halogens is 1. The Hall–Kier alpha value is -2.36. The highest BCUT2D eigenvalue weighted by molar-refractivity contribution is 5.79. The van der Waals surface area contributed by atoms with Crippen molar-refractivity contribution in [3.63, 3.8) is 0 Å². The highest BCUT2D eigenvalue weighted by Gasteiger charge is 2.14. The molecule has 0 fully saturated rings. The van der Waals surface area contributed by atoms with Crippen molar-refractivity contribution in [2.45, 2.75) is 25.8 Å². The van der Waals surface area contributed by atoms with Crippen LogP contribution in [0, 0.1) is 5.82 Å². The summed E-state index contributed by atoms with van der Waals surface area (Å²) >= 11 is 0. The molecular weight excluding hydrogens is 281 g/mol. The molecule has 0 saturated carbocycles. The molecule has 0 aromatic heterocycles. The molecule has 0 aliphatic rings. The summed E-state index contributed by atoms with van der Waals surface area (Å²) in [4.78, 5) is 12.1. The van der Waals surface area contributed by atoms with Gasteiger partial charge in [-0.05, 0) is 35.7 Å². The van der Waals surface area contributed by atoms with Crippen LogP contribution in [0.1, 0.15) is 30.5 Å². The number of benzene rings is 2. The fourth-order valence-electron chi connectivity index (χ4n) is 2.32. The summed E-state index contributed by atoms with van der Waals surface area (Å²) in [6.07, 6.45) is 0.800. The van der Waals surface area contributed by atoms with Gasteiger partial charge in [0, 0.05) is 0 Å². The fraction of sp³-hybridized carbons (Fsp3) is 0.278. The maximum Gasteiger partial charge on any atom is 0.225 e. The van der Waals surface area contributed by atoms with Gasteiger partial charge in [-0.15, -0.1) is 0 Å². The maximum absolute atomic E-state index is 13.6. The van der Waals surface area contributed by atoms with Gasteiger partial charge in [-0.25, -0.2) is 4.39 Å². The monoisotopic (exact) mass is 301 g/mol. The summed E-state index contributed by atoms with van der Waals surface area (Å²) in [5.41, 5.74) is 1.41. The third-order valence-corrected chi connectivity index (χ3v) is 3.57. The summed E-state index contributed by atoms with van der Waals surface area (Å²) in [7, 11) is 1.61. The van der Waals surface area contributed by atoms with Crippen LogP contribution in [0.25, 0.3) is 0 Å². The molecule has 0 heterocycles. The van der Waals surface area contributed by atoms with Crippen LogP contribution < -0.4 is 10.1 Å². The fourth-order valence-corrected chi connectivity index (χ4v) is 2.32. The van der Waals surface area contributed by atoms with Gasteiger partial charge in [-0.1, -0.05) is 37.3 Å². The standard InChI is InChI=1S/C18H20FNO2/c1-3-17(13-8-10-15(22-2)11-9-13)20-18(21)12-14-6-4-5-7-16(14)19/h4-11,17H,3,12H2,1-2H3,(H,20,21)/t17-/m0/s1. The van der Waals surface area contributed by atoms with Crippen LogP contribution in [0.2, 0.25) is 0 Å². The average molecular weight is 301 g/mol. The van der Waals surface area contributed by atoms with Gasteiger partial charge in [0.05, 0.1) is 19.6 Å². The van der Waals surface area contributed by atoms with E-state index in [1.807, 2.05) is 31.2 Å². The van der Waals surface area contributed by atoms with Crippen LogP contribution in [0.15, 0.2) is 48.5 Å². The molecule has 0 aliphatic carbocycles. The third kappa shape index (κ3) is 4.07. The van der Waals surface area contributed by atoms with E-state index in [4.69, 9.17) is 4.74 Å². The van der Waals surface area contributed by atoms with E-state index >= 15 is 0 Å². The molecule has 0 unspecified atom stereocenters. The van der Waals surface area contributed by atoms with Gasteiger partial charge >= 0.3 is 0 Å². The number of nitrogens with one attached hydrogen (secondary N) is 1. The van der Waals surface area contributed by atoms with Crippen molar-refractivity contribution in [3.8, 4) is 5.75 Å². The largest absolute Gasteiger partial charge is 0.497 e. The molecule has 1 N–H and O–H groups in total. The second-order valence-electron chi connectivity index (χ2n) is 5.07. The third-order valence-electron chi connectivity index (χ3n) is 3.57. The lowest BCUT2D eigenvalue weighted by molar-refractivity contribution is -0.121. The molecule has 0 radical (unpaired) electrons. The first-order chi connectivity index (χ1) is 10.6. The number of amides is 1. The Bertz CT molecular complexity index is 625. The molecule has 0 spiro atoms. The molecule has 2 rings (SSSR count). The van der Waals surface area contributed by atoms with E-state index in [1.165, 1.54) is 6.07 Å². The van der Waals surface area contributed by atoms with Gasteiger partial charge in [0.2, 0.25) is 5.91 Å². The molecule has 1 atom stereocenters. The van der Waals surface area contributed by atoms with Crippen LogP contribution in [0.4, 0.5) is 4.39 Å². The molecule has 2 aromatic carbocycles. The summed E-state index contributed by atoms with van der Waals surface area (Å²) in [5.74, 6) is 0.235. The smallest absolute Gasteiger partial charge is 0.225 e. The van der Waals surface area contributed by atoms with Crippen LogP contribution >= 0.6 is 0 Å². The van der Waals surface area contributed by atoms with Crippen molar-refractivity contribution in [1.29, 1.82) is 0 Å². The number of ether oxygens (including phenoxy) is 1. The highest BCUT2D eigenvalue weighted by Crippen LogP contribution is 2.20. The Morgan fingerprint density at radius 2 is 1.86 bits per heavy atom. The van der Waals surface area contributed by atoms with E-state index in [-0.39, 0.29) is 24.2 Å². The van der Waals surface area contributed by atoms with Crippen molar-refractivity contribution in [2.24, 2.45) is 0 Å². The van der Waals surface area contributed by atoms with Gasteiger partial charge in [-0.3, -0.25) is 4.79 Å². The molecule has 0 saturated heterocycles. The minimum atomic E-state index is -0.352. The lowest BCUT2D eigenvalue weighted by Crippen LogP contribution is -2.29. The van der Waals surface area contributed by atoms with E-state index in [2.05, 4.69) is 5.32 Å². The number of rotatable bonds is 6. The normalized spacial score (nSPS) is 11.8. The van der Waals surface area contributed by atoms with E-state index in [1.54, 1.807) is 25.3 Å². The maximum atomic E-state index is 13.6. The Morgan fingerprint density at radius 1 is 1.18 bits per heavy atom. The van der Waals surface area contributed by atoms with E-state index in [0.29, 0.717) is 5.56 Å². The highest BCUT2D eigenvalue weighted by atomic mass is 19.1. The summed E-state index contributed by atoms with van der Waals surface area (Å²) in [5, 5.41) is 2.95. The van der Waals surface area contributed by atoms with Crippen LogP contribution in [-0.4, -0.2) is 13.0 Å². The number of hydrogen-bond donors (Lipinski definition) is 1. The molecular formula is C18H20FNO2. The Kier molecular flexibility index (Phi) is 5.53. The number of methoxy groups -OCH3 is 1. The molecule has 0 aliphatic heterocycles. The predicted octanol–water partition coefficient (Wildman–Crippen LogP) is 3.64. The van der Waals surface area contributed by atoms with E-state index < -0.39 is 0 Å². The number of carbonyl (C=O) groups excluding carboxylic acids is 1. The minimum Gasteiger partial charge on any atom is -0.497 e. The average Bonchev–Trinajstić information content (AvgIpc) is 2.55. The Balaban J connectivity index is 2.03. The summed E-state index contributed by atoms with van der Waals surface area (Å²) < 4.78 is 18.7. The van der Waals surface area contributed by atoms with Crippen LogP contribution in [-0.2, 0) is 11.2 Å². The van der Waals surface area contributed by atoms with Crippen LogP contribution in [0.3, 0.4) is 0 Å². The SMILES string of the molecule is CC[C@H](NC(=O)Cc1ccccc1F)c1ccc(OC)cc1. The van der Waals surface area contributed by atoms with E-state index in [0.717, 1.165) is 17.7 Å². The number of hydrogen-bond acceptors (Lipinski definition) is 2. The molecule has 3 nitrogen and oxygen atoms in total. The molecule has 1 amide bonds. The van der Waals surface area contributed by atoms with Gasteiger partial charge in [0.1, 0.15) is 11.6 Å². The minimum absolute atomic E-state index is 0.0410. The molecule has 116 valence electrons. The lowest BCUT2D eigenvalue weighted by Gasteiger charge is -2.18. The van der Waals surface area contributed by atoms with Crippen molar-refractivity contribution < 1.29 is 13.9 Å². The zero-order chi connectivity index (χ0) is 15.9. The van der Waals surface area contributed by atoms with E-state index in [9.17, 15) is 9.18 Å².